The molecule has 10 heteroatoms. The molecule has 0 aliphatic carbocycles. The highest BCUT2D eigenvalue weighted by Gasteiger charge is 2.33. The topological polar surface area (TPSA) is 74.0 Å². The van der Waals surface area contributed by atoms with Crippen LogP contribution >= 0.6 is 11.6 Å². The Hall–Kier alpha value is -3.59. The second-order valence-corrected chi connectivity index (χ2v) is 7.53. The predicted molar refractivity (Wildman–Crippen MR) is 119 cm³/mol. The van der Waals surface area contributed by atoms with E-state index in [1.807, 2.05) is 32.0 Å². The summed E-state index contributed by atoms with van der Waals surface area (Å²) in [6.45, 7) is 3.91. The van der Waals surface area contributed by atoms with Crippen molar-refractivity contribution in [3.05, 3.63) is 85.9 Å². The predicted octanol–water partition coefficient (Wildman–Crippen LogP) is 7.44. The Labute approximate surface area is 192 Å². The number of nitro benzene ring substituents is 1. The van der Waals surface area contributed by atoms with Crippen molar-refractivity contribution in [3.8, 4) is 17.2 Å². The number of methoxy groups -OCH3 is 1. The van der Waals surface area contributed by atoms with Crippen LogP contribution in [0.5, 0.6) is 17.2 Å². The molecule has 0 fully saturated rings. The Kier molecular flexibility index (Phi) is 6.92. The second kappa shape index (κ2) is 9.50. The monoisotopic (exact) mass is 478 g/mol. The number of hydrogen-bond acceptors (Lipinski definition) is 5. The third-order valence-corrected chi connectivity index (χ3v) is 4.93. The zero-order valence-electron chi connectivity index (χ0n) is 17.7. The summed E-state index contributed by atoms with van der Waals surface area (Å²) in [5.74, 6) is -0.366. The molecule has 172 valence electrons. The lowest BCUT2D eigenvalue weighted by Gasteiger charge is -2.14. The van der Waals surface area contributed by atoms with Crippen molar-refractivity contribution in [2.75, 3.05) is 7.11 Å². The lowest BCUT2D eigenvalue weighted by atomic mass is 10.1. The number of halogens is 4. The first kappa shape index (κ1) is 24.1. The number of aliphatic imine (C=N–C) groups is 1. The lowest BCUT2D eigenvalue weighted by molar-refractivity contribution is -0.385. The first-order valence-electron chi connectivity index (χ1n) is 9.52. The molecule has 0 aliphatic rings. The van der Waals surface area contributed by atoms with E-state index in [9.17, 15) is 23.3 Å². The maximum atomic E-state index is 12.9. The van der Waals surface area contributed by atoms with Gasteiger partial charge in [-0.2, -0.15) is 13.2 Å². The van der Waals surface area contributed by atoms with E-state index in [-0.39, 0.29) is 16.5 Å². The molecule has 0 heterocycles. The highest BCUT2D eigenvalue weighted by molar-refractivity contribution is 6.32. The van der Waals surface area contributed by atoms with Crippen LogP contribution in [-0.4, -0.2) is 18.2 Å². The molecule has 3 rings (SSSR count). The number of nitro groups is 1. The van der Waals surface area contributed by atoms with Gasteiger partial charge in [0.2, 0.25) is 5.75 Å². The first-order chi connectivity index (χ1) is 15.5. The van der Waals surface area contributed by atoms with Crippen LogP contribution in [0.2, 0.25) is 5.02 Å². The molecule has 0 amide bonds. The molecule has 6 nitrogen and oxygen atoms in total. The van der Waals surface area contributed by atoms with Crippen LogP contribution in [-0.2, 0) is 6.18 Å². The van der Waals surface area contributed by atoms with Crippen LogP contribution in [0, 0.1) is 24.0 Å². The van der Waals surface area contributed by atoms with Crippen molar-refractivity contribution in [2.45, 2.75) is 20.0 Å². The standard InChI is InChI=1S/C23H18ClF3N2O4/c1-13-4-6-18(14(2)8-13)28-12-15-9-17(24)22(21(10-15)32-3)33-20-7-5-16(23(25,26)27)11-19(20)29(30)31/h4-12H,1-3H3. The zero-order chi connectivity index (χ0) is 24.3. The molecule has 0 saturated carbocycles. The molecule has 0 atom stereocenters. The van der Waals surface area contributed by atoms with E-state index in [0.717, 1.165) is 22.9 Å². The molecular weight excluding hydrogens is 461 g/mol. The van der Waals surface area contributed by atoms with E-state index < -0.39 is 28.1 Å². The first-order valence-corrected chi connectivity index (χ1v) is 9.89. The van der Waals surface area contributed by atoms with Crippen LogP contribution < -0.4 is 9.47 Å². The van der Waals surface area contributed by atoms with E-state index in [1.54, 1.807) is 12.3 Å². The molecule has 0 N–H and O–H groups in total. The normalized spacial score (nSPS) is 11.6. The van der Waals surface area contributed by atoms with Gasteiger partial charge in [0.15, 0.2) is 11.5 Å². The lowest BCUT2D eigenvalue weighted by Crippen LogP contribution is -2.06. The average Bonchev–Trinajstić information content (AvgIpc) is 2.73. The van der Waals surface area contributed by atoms with Crippen molar-refractivity contribution in [3.63, 3.8) is 0 Å². The van der Waals surface area contributed by atoms with Crippen LogP contribution in [0.1, 0.15) is 22.3 Å². The average molecular weight is 479 g/mol. The zero-order valence-corrected chi connectivity index (χ0v) is 18.5. The van der Waals surface area contributed by atoms with E-state index in [1.165, 1.54) is 13.2 Å². The van der Waals surface area contributed by atoms with Gasteiger partial charge in [-0.1, -0.05) is 29.3 Å². The number of benzene rings is 3. The minimum Gasteiger partial charge on any atom is -0.493 e. The highest BCUT2D eigenvalue weighted by Crippen LogP contribution is 2.43. The van der Waals surface area contributed by atoms with Gasteiger partial charge in [-0.25, -0.2) is 0 Å². The minimum absolute atomic E-state index is 0.0330. The fraction of sp³-hybridized carbons (Fsp3) is 0.174. The number of hydrogen-bond donors (Lipinski definition) is 0. The Morgan fingerprint density at radius 3 is 2.39 bits per heavy atom. The maximum absolute atomic E-state index is 12.9. The SMILES string of the molecule is COc1cc(C=Nc2ccc(C)cc2C)cc(Cl)c1Oc1ccc(C(F)(F)F)cc1[N+](=O)[O-]. The number of alkyl halides is 3. The van der Waals surface area contributed by atoms with Crippen LogP contribution in [0.4, 0.5) is 24.5 Å². The molecule has 3 aromatic carbocycles. The maximum Gasteiger partial charge on any atom is 0.416 e. The molecule has 0 radical (unpaired) electrons. The third kappa shape index (κ3) is 5.61. The summed E-state index contributed by atoms with van der Waals surface area (Å²) < 4.78 is 49.6. The molecule has 3 aromatic rings. The largest absolute Gasteiger partial charge is 0.493 e. The molecule has 0 bridgehead atoms. The highest BCUT2D eigenvalue weighted by atomic mass is 35.5. The molecular formula is C23H18ClF3N2O4. The van der Waals surface area contributed by atoms with Crippen molar-refractivity contribution in [1.82, 2.24) is 0 Å². The minimum atomic E-state index is -4.74. The quantitative estimate of drug-likeness (QED) is 0.210. The van der Waals surface area contributed by atoms with Gasteiger partial charge in [-0.05, 0) is 55.3 Å². The van der Waals surface area contributed by atoms with E-state index in [4.69, 9.17) is 21.1 Å². The Morgan fingerprint density at radius 2 is 1.79 bits per heavy atom. The molecule has 0 spiro atoms. The second-order valence-electron chi connectivity index (χ2n) is 7.12. The third-order valence-electron chi connectivity index (χ3n) is 4.65. The van der Waals surface area contributed by atoms with Crippen LogP contribution in [0.3, 0.4) is 0 Å². The van der Waals surface area contributed by atoms with Gasteiger partial charge in [0, 0.05) is 12.3 Å². The Balaban J connectivity index is 1.97. The van der Waals surface area contributed by atoms with Gasteiger partial charge in [-0.15, -0.1) is 0 Å². The summed E-state index contributed by atoms with van der Waals surface area (Å²) in [4.78, 5) is 14.8. The van der Waals surface area contributed by atoms with Crippen LogP contribution in [0.15, 0.2) is 53.5 Å². The Bertz CT molecular complexity index is 1240. The summed E-state index contributed by atoms with van der Waals surface area (Å²) in [6.07, 6.45) is -3.17. The summed E-state index contributed by atoms with van der Waals surface area (Å²) in [5.41, 5.74) is 1.39. The fourth-order valence-corrected chi connectivity index (χ4v) is 3.30. The number of rotatable bonds is 6. The molecule has 0 aromatic heterocycles. The Morgan fingerprint density at radius 1 is 1.06 bits per heavy atom. The van der Waals surface area contributed by atoms with Gasteiger partial charge in [0.25, 0.3) is 0 Å². The van der Waals surface area contributed by atoms with Gasteiger partial charge >= 0.3 is 11.9 Å². The van der Waals surface area contributed by atoms with Crippen molar-refractivity contribution in [1.29, 1.82) is 0 Å². The molecule has 33 heavy (non-hydrogen) atoms. The summed E-state index contributed by atoms with van der Waals surface area (Å²) >= 11 is 6.32. The fourth-order valence-electron chi connectivity index (χ4n) is 3.04. The van der Waals surface area contributed by atoms with E-state index >= 15 is 0 Å². The van der Waals surface area contributed by atoms with Gasteiger partial charge in [0.1, 0.15) is 0 Å². The number of ether oxygens (including phenoxy) is 2. The van der Waals surface area contributed by atoms with E-state index in [2.05, 4.69) is 4.99 Å². The summed E-state index contributed by atoms with van der Waals surface area (Å²) in [6, 6.07) is 10.8. The number of nitrogens with zero attached hydrogens (tertiary/aromatic N) is 2. The van der Waals surface area contributed by atoms with E-state index in [0.29, 0.717) is 17.7 Å². The summed E-state index contributed by atoms with van der Waals surface area (Å²) in [5, 5.41) is 11.4. The van der Waals surface area contributed by atoms with Crippen molar-refractivity contribution < 1.29 is 27.6 Å². The smallest absolute Gasteiger partial charge is 0.416 e. The summed E-state index contributed by atoms with van der Waals surface area (Å²) in [7, 11) is 1.34. The molecule has 0 unspecified atom stereocenters. The van der Waals surface area contributed by atoms with Crippen LogP contribution in [0.25, 0.3) is 0 Å². The van der Waals surface area contributed by atoms with Crippen molar-refractivity contribution in [2.24, 2.45) is 4.99 Å². The van der Waals surface area contributed by atoms with Gasteiger partial charge < -0.3 is 9.47 Å². The molecule has 0 aliphatic heterocycles. The van der Waals surface area contributed by atoms with Crippen molar-refractivity contribution >= 4 is 29.2 Å². The number of aryl methyl sites for hydroxylation is 2. The van der Waals surface area contributed by atoms with Gasteiger partial charge in [-0.3, -0.25) is 15.1 Å². The molecule has 0 saturated heterocycles. The van der Waals surface area contributed by atoms with Gasteiger partial charge in [0.05, 0.1) is 28.3 Å².